The van der Waals surface area contributed by atoms with Crippen molar-refractivity contribution < 1.29 is 24.2 Å². The molecule has 0 aliphatic rings. The van der Waals surface area contributed by atoms with Gasteiger partial charge in [0.1, 0.15) is 0 Å². The third-order valence-electron chi connectivity index (χ3n) is 1.48. The SMILES string of the molecule is CC[C](=[Zr+2])c1ccccc1. The van der Waals surface area contributed by atoms with Crippen LogP contribution in [0, 0.1) is 0 Å². The Labute approximate surface area is 76.6 Å². The molecule has 0 spiro atoms. The van der Waals surface area contributed by atoms with E-state index in [0.717, 1.165) is 0 Å². The summed E-state index contributed by atoms with van der Waals surface area (Å²) in [4.78, 5) is 0. The molecule has 0 aliphatic heterocycles. The summed E-state index contributed by atoms with van der Waals surface area (Å²) in [5.74, 6) is 0. The monoisotopic (exact) mass is 208 g/mol. The summed E-state index contributed by atoms with van der Waals surface area (Å²) in [6.45, 7) is 2.21. The van der Waals surface area contributed by atoms with Crippen LogP contribution in [-0.2, 0) is 24.2 Å². The van der Waals surface area contributed by atoms with Gasteiger partial charge in [-0.3, -0.25) is 0 Å². The van der Waals surface area contributed by atoms with Gasteiger partial charge in [-0.1, -0.05) is 0 Å². The van der Waals surface area contributed by atoms with E-state index >= 15 is 0 Å². The average molecular weight is 209 g/mol. The average Bonchev–Trinajstić information content (AvgIpc) is 2.05. The zero-order valence-electron chi connectivity index (χ0n) is 6.09. The summed E-state index contributed by atoms with van der Waals surface area (Å²) in [7, 11) is 0. The topological polar surface area (TPSA) is 0 Å². The van der Waals surface area contributed by atoms with Crippen LogP contribution >= 0.6 is 0 Å². The fourth-order valence-corrected chi connectivity index (χ4v) is 1.25. The van der Waals surface area contributed by atoms with Crippen LogP contribution in [0.15, 0.2) is 30.3 Å². The van der Waals surface area contributed by atoms with E-state index in [9.17, 15) is 0 Å². The van der Waals surface area contributed by atoms with Gasteiger partial charge in [-0.25, -0.2) is 0 Å². The first-order valence-corrected chi connectivity index (χ1v) is 4.70. The van der Waals surface area contributed by atoms with Crippen LogP contribution < -0.4 is 0 Å². The van der Waals surface area contributed by atoms with E-state index in [2.05, 4.69) is 37.3 Å². The molecule has 1 heteroatoms. The second-order valence-electron chi connectivity index (χ2n) is 2.20. The molecule has 0 saturated carbocycles. The van der Waals surface area contributed by atoms with Gasteiger partial charge in [0.15, 0.2) is 0 Å². The van der Waals surface area contributed by atoms with Gasteiger partial charge < -0.3 is 0 Å². The molecule has 1 aromatic carbocycles. The van der Waals surface area contributed by atoms with Gasteiger partial charge in [-0.05, 0) is 0 Å². The van der Waals surface area contributed by atoms with Crippen molar-refractivity contribution in [3.63, 3.8) is 0 Å². The molecule has 48 valence electrons. The Hall–Kier alpha value is -0.0269. The van der Waals surface area contributed by atoms with Gasteiger partial charge in [-0.2, -0.15) is 0 Å². The van der Waals surface area contributed by atoms with Crippen molar-refractivity contribution in [2.75, 3.05) is 0 Å². The number of hydrogen-bond acceptors (Lipinski definition) is 0. The van der Waals surface area contributed by atoms with Gasteiger partial charge in [-0.15, -0.1) is 0 Å². The molecule has 10 heavy (non-hydrogen) atoms. The van der Waals surface area contributed by atoms with Crippen molar-refractivity contribution in [1.82, 2.24) is 0 Å². The van der Waals surface area contributed by atoms with Crippen LogP contribution in [0.3, 0.4) is 0 Å². The normalized spacial score (nSPS) is 9.50. The molecule has 0 aliphatic carbocycles. The Morgan fingerprint density at radius 1 is 1.30 bits per heavy atom. The van der Waals surface area contributed by atoms with Gasteiger partial charge in [0.05, 0.1) is 0 Å². The summed E-state index contributed by atoms with van der Waals surface area (Å²) in [5, 5.41) is 0. The van der Waals surface area contributed by atoms with Gasteiger partial charge in [0.2, 0.25) is 0 Å². The minimum atomic E-state index is 1.18. The number of hydrogen-bond donors (Lipinski definition) is 0. The van der Waals surface area contributed by atoms with Crippen molar-refractivity contribution in [3.8, 4) is 0 Å². The number of rotatable bonds is 2. The summed E-state index contributed by atoms with van der Waals surface area (Å²) in [6.07, 6.45) is 1.18. The molecule has 0 nitrogen and oxygen atoms in total. The van der Waals surface area contributed by atoms with E-state index in [4.69, 9.17) is 0 Å². The molecular formula is C9H10Zr+2. The number of benzene rings is 1. The van der Waals surface area contributed by atoms with E-state index in [1.54, 1.807) is 3.21 Å². The van der Waals surface area contributed by atoms with Crippen LogP contribution in [-0.4, -0.2) is 3.21 Å². The quantitative estimate of drug-likeness (QED) is 0.700. The molecule has 0 N–H and O–H groups in total. The van der Waals surface area contributed by atoms with Gasteiger partial charge >= 0.3 is 76.7 Å². The van der Waals surface area contributed by atoms with Crippen LogP contribution in [0.1, 0.15) is 18.9 Å². The first kappa shape index (κ1) is 8.07. The minimum absolute atomic E-state index is 1.18. The molecule has 0 fully saturated rings. The summed E-state index contributed by atoms with van der Waals surface area (Å²) >= 11 is 1.54. The molecular weight excluding hydrogens is 199 g/mol. The van der Waals surface area contributed by atoms with Crippen molar-refractivity contribution in [3.05, 3.63) is 35.9 Å². The molecule has 0 unspecified atom stereocenters. The van der Waals surface area contributed by atoms with E-state index in [1.165, 1.54) is 36.2 Å². The standard InChI is InChI=1S/C9H10.Zr/c1-2-6-9-7-4-3-5-8-9;/h3-5,7-8H,2H2,1H3;/q;+2. The van der Waals surface area contributed by atoms with E-state index < -0.39 is 0 Å². The van der Waals surface area contributed by atoms with Crippen molar-refractivity contribution >= 4 is 3.21 Å². The predicted octanol–water partition coefficient (Wildman–Crippen LogP) is 2.16. The Morgan fingerprint density at radius 2 is 1.90 bits per heavy atom. The fraction of sp³-hybridized carbons (Fsp3) is 0.222. The maximum absolute atomic E-state index is 2.21. The Kier molecular flexibility index (Phi) is 3.21. The molecule has 0 heterocycles. The van der Waals surface area contributed by atoms with Gasteiger partial charge in [0.25, 0.3) is 0 Å². The molecule has 0 bridgehead atoms. The summed E-state index contributed by atoms with van der Waals surface area (Å²) < 4.78 is 1.55. The van der Waals surface area contributed by atoms with Crippen LogP contribution in [0.5, 0.6) is 0 Å². The van der Waals surface area contributed by atoms with Crippen LogP contribution in [0.25, 0.3) is 0 Å². The van der Waals surface area contributed by atoms with Crippen molar-refractivity contribution in [1.29, 1.82) is 0 Å². The van der Waals surface area contributed by atoms with Crippen molar-refractivity contribution in [2.45, 2.75) is 13.3 Å². The van der Waals surface area contributed by atoms with E-state index in [0.29, 0.717) is 0 Å². The van der Waals surface area contributed by atoms with E-state index in [1.807, 2.05) is 0 Å². The Bertz CT molecular complexity index is 213. The first-order chi connectivity index (χ1) is 4.84. The Balaban J connectivity index is 2.85. The molecule has 0 radical (unpaired) electrons. The third-order valence-corrected chi connectivity index (χ3v) is 3.05. The van der Waals surface area contributed by atoms with E-state index in [-0.39, 0.29) is 0 Å². The zero-order valence-corrected chi connectivity index (χ0v) is 8.55. The fourth-order valence-electron chi connectivity index (χ4n) is 0.843. The molecule has 1 rings (SSSR count). The van der Waals surface area contributed by atoms with Crippen LogP contribution in [0.2, 0.25) is 0 Å². The first-order valence-electron chi connectivity index (χ1n) is 3.47. The Morgan fingerprint density at radius 3 is 2.40 bits per heavy atom. The predicted molar refractivity (Wildman–Crippen MR) is 40.8 cm³/mol. The zero-order chi connectivity index (χ0) is 7.40. The maximum atomic E-state index is 2.21. The summed E-state index contributed by atoms with van der Waals surface area (Å²) in [6, 6.07) is 10.6. The van der Waals surface area contributed by atoms with Crippen molar-refractivity contribution in [2.24, 2.45) is 0 Å². The molecule has 0 atom stereocenters. The summed E-state index contributed by atoms with van der Waals surface area (Å²) in [5.41, 5.74) is 1.41. The molecule has 1 aromatic rings. The second-order valence-corrected chi connectivity index (χ2v) is 3.68. The molecule has 0 aromatic heterocycles. The second kappa shape index (κ2) is 3.98. The van der Waals surface area contributed by atoms with Crippen LogP contribution in [0.4, 0.5) is 0 Å². The van der Waals surface area contributed by atoms with Gasteiger partial charge in [0, 0.05) is 0 Å². The molecule has 0 amide bonds. The molecule has 0 saturated heterocycles. The third kappa shape index (κ3) is 1.99.